The summed E-state index contributed by atoms with van der Waals surface area (Å²) in [6, 6.07) is 10.3. The van der Waals surface area contributed by atoms with Crippen LogP contribution in [-0.4, -0.2) is 34.8 Å². The highest BCUT2D eigenvalue weighted by atomic mass is 16.4. The zero-order valence-electron chi connectivity index (χ0n) is 9.42. The van der Waals surface area contributed by atoms with Crippen molar-refractivity contribution >= 4 is 29.1 Å². The maximum Gasteiger partial charge on any atom is 0.322 e. The fourth-order valence-electron chi connectivity index (χ4n) is 1.20. The average Bonchev–Trinajstić information content (AvgIpc) is 2.84. The first-order valence-corrected chi connectivity index (χ1v) is 5.10. The number of amides is 1. The number of aldehydes is 1. The lowest BCUT2D eigenvalue weighted by Gasteiger charge is -1.91. The van der Waals surface area contributed by atoms with E-state index in [0.717, 1.165) is 0 Å². The highest BCUT2D eigenvalue weighted by Crippen LogP contribution is 2.09. The van der Waals surface area contributed by atoms with Gasteiger partial charge in [0.05, 0.1) is 0 Å². The van der Waals surface area contributed by atoms with Crippen LogP contribution in [0.5, 0.6) is 0 Å². The van der Waals surface area contributed by atoms with E-state index >= 15 is 0 Å². The molecule has 6 nitrogen and oxygen atoms in total. The number of aliphatic carboxylic acids is 1. The van der Waals surface area contributed by atoms with Crippen LogP contribution >= 0.6 is 0 Å². The molecule has 0 spiro atoms. The Morgan fingerprint density at radius 3 is 2.61 bits per heavy atom. The average molecular weight is 248 g/mol. The molecule has 0 saturated heterocycles. The number of carbonyl (C=O) groups is 3. The minimum Gasteiger partial charge on any atom is -0.480 e. The number of fused-ring (bicyclic) bond motifs is 1. The molecule has 18 heavy (non-hydrogen) atoms. The molecule has 2 rings (SSSR count). The van der Waals surface area contributed by atoms with Gasteiger partial charge >= 0.3 is 5.97 Å². The van der Waals surface area contributed by atoms with Crippen LogP contribution in [0.4, 0.5) is 0 Å². The number of aromatic nitrogens is 1. The molecular formula is C12H12N2O4. The summed E-state index contributed by atoms with van der Waals surface area (Å²) < 4.78 is 0. The van der Waals surface area contributed by atoms with Gasteiger partial charge in [0.15, 0.2) is 0 Å². The second kappa shape index (κ2) is 6.85. The number of aromatic amines is 1. The summed E-state index contributed by atoms with van der Waals surface area (Å²) in [5.74, 6) is -2.09. The molecule has 1 aromatic carbocycles. The molecule has 0 fully saturated rings. The second-order valence-corrected chi connectivity index (χ2v) is 3.29. The van der Waals surface area contributed by atoms with Crippen LogP contribution in [0.2, 0.25) is 0 Å². The lowest BCUT2D eigenvalue weighted by atomic mass is 10.3. The molecule has 0 saturated carbocycles. The standard InChI is InChI=1S/C8H7N.C4H5NO4/c1-2-4-8-7(3-1)5-6-9-8;6-2-3(7)5-1-4(8)9/h1-6,9H;2H,1H2,(H,5,7)(H,8,9). The second-order valence-electron chi connectivity index (χ2n) is 3.29. The molecular weight excluding hydrogens is 236 g/mol. The van der Waals surface area contributed by atoms with Crippen molar-refractivity contribution in [1.82, 2.24) is 10.3 Å². The van der Waals surface area contributed by atoms with E-state index in [1.54, 1.807) is 0 Å². The third-order valence-corrected chi connectivity index (χ3v) is 1.98. The van der Waals surface area contributed by atoms with Crippen LogP contribution in [0, 0.1) is 0 Å². The van der Waals surface area contributed by atoms with E-state index in [4.69, 9.17) is 5.11 Å². The first-order chi connectivity index (χ1) is 8.63. The van der Waals surface area contributed by atoms with Gasteiger partial charge < -0.3 is 15.4 Å². The lowest BCUT2D eigenvalue weighted by Crippen LogP contribution is -2.29. The van der Waals surface area contributed by atoms with E-state index in [9.17, 15) is 14.4 Å². The summed E-state index contributed by atoms with van der Waals surface area (Å²) in [7, 11) is 0. The normalized spacial score (nSPS) is 9.11. The van der Waals surface area contributed by atoms with Crippen molar-refractivity contribution in [1.29, 1.82) is 0 Å². The first kappa shape index (κ1) is 13.4. The van der Waals surface area contributed by atoms with Crippen molar-refractivity contribution in [3.05, 3.63) is 36.5 Å². The van der Waals surface area contributed by atoms with Gasteiger partial charge in [-0.05, 0) is 17.5 Å². The van der Waals surface area contributed by atoms with Crippen LogP contribution in [0.15, 0.2) is 36.5 Å². The number of benzene rings is 1. The third-order valence-electron chi connectivity index (χ3n) is 1.98. The molecule has 94 valence electrons. The van der Waals surface area contributed by atoms with Gasteiger partial charge in [-0.2, -0.15) is 0 Å². The summed E-state index contributed by atoms with van der Waals surface area (Å²) in [6.07, 6.45) is 1.97. The van der Waals surface area contributed by atoms with E-state index in [1.807, 2.05) is 23.6 Å². The van der Waals surface area contributed by atoms with Crippen molar-refractivity contribution < 1.29 is 19.5 Å². The number of hydrogen-bond acceptors (Lipinski definition) is 3. The Morgan fingerprint density at radius 1 is 1.28 bits per heavy atom. The van der Waals surface area contributed by atoms with Crippen molar-refractivity contribution in [2.75, 3.05) is 6.54 Å². The Balaban J connectivity index is 0.000000180. The fourth-order valence-corrected chi connectivity index (χ4v) is 1.20. The molecule has 0 unspecified atom stereocenters. The van der Waals surface area contributed by atoms with Gasteiger partial charge in [-0.25, -0.2) is 0 Å². The van der Waals surface area contributed by atoms with Gasteiger partial charge in [-0.3, -0.25) is 14.4 Å². The third kappa shape index (κ3) is 4.48. The number of rotatable bonds is 3. The summed E-state index contributed by atoms with van der Waals surface area (Å²) >= 11 is 0. The van der Waals surface area contributed by atoms with E-state index in [0.29, 0.717) is 0 Å². The number of carboxylic acids is 1. The number of nitrogens with one attached hydrogen (secondary N) is 2. The van der Waals surface area contributed by atoms with Crippen molar-refractivity contribution in [2.45, 2.75) is 0 Å². The molecule has 2 aromatic rings. The molecule has 0 aliphatic rings. The number of para-hydroxylation sites is 1. The maximum atomic E-state index is 9.97. The topological polar surface area (TPSA) is 99.3 Å². The molecule has 0 radical (unpaired) electrons. The largest absolute Gasteiger partial charge is 0.480 e. The molecule has 0 aliphatic carbocycles. The maximum absolute atomic E-state index is 9.97. The Labute approximate surface area is 103 Å². The summed E-state index contributed by atoms with van der Waals surface area (Å²) in [5, 5.41) is 11.0. The number of hydrogen-bond donors (Lipinski definition) is 3. The molecule has 0 bridgehead atoms. The molecule has 3 N–H and O–H groups in total. The van der Waals surface area contributed by atoms with Gasteiger partial charge in [0.1, 0.15) is 6.54 Å². The predicted molar refractivity (Wildman–Crippen MR) is 65.0 cm³/mol. The zero-order chi connectivity index (χ0) is 13.4. The quantitative estimate of drug-likeness (QED) is 0.545. The molecule has 1 amide bonds. The minimum atomic E-state index is -1.18. The number of carboxylic acid groups (broad SMARTS) is 1. The smallest absolute Gasteiger partial charge is 0.322 e. The SMILES string of the molecule is O=CC(=O)NCC(=O)O.c1ccc2[nH]ccc2c1. The molecule has 1 aromatic heterocycles. The van der Waals surface area contributed by atoms with E-state index in [-0.39, 0.29) is 6.29 Å². The van der Waals surface area contributed by atoms with E-state index in [2.05, 4.69) is 23.2 Å². The van der Waals surface area contributed by atoms with Crippen LogP contribution in [0.25, 0.3) is 10.9 Å². The first-order valence-electron chi connectivity index (χ1n) is 5.10. The van der Waals surface area contributed by atoms with Crippen molar-refractivity contribution in [3.8, 4) is 0 Å². The van der Waals surface area contributed by atoms with Crippen LogP contribution in [0.1, 0.15) is 0 Å². The highest BCUT2D eigenvalue weighted by molar-refractivity contribution is 6.23. The van der Waals surface area contributed by atoms with Gasteiger partial charge in [0, 0.05) is 11.7 Å². The van der Waals surface area contributed by atoms with E-state index < -0.39 is 18.4 Å². The Morgan fingerprint density at radius 2 is 2.00 bits per heavy atom. The molecule has 0 aliphatic heterocycles. The van der Waals surface area contributed by atoms with E-state index in [1.165, 1.54) is 10.9 Å². The minimum absolute atomic E-state index is 0.0168. The predicted octanol–water partition coefficient (Wildman–Crippen LogP) is 0.554. The lowest BCUT2D eigenvalue weighted by molar-refractivity contribution is -0.138. The Hall–Kier alpha value is -2.63. The summed E-state index contributed by atoms with van der Waals surface area (Å²) in [6.45, 7) is -0.516. The van der Waals surface area contributed by atoms with Gasteiger partial charge in [0.2, 0.25) is 6.29 Å². The van der Waals surface area contributed by atoms with Crippen LogP contribution in [0.3, 0.4) is 0 Å². The highest BCUT2D eigenvalue weighted by Gasteiger charge is 1.99. The van der Waals surface area contributed by atoms with Crippen molar-refractivity contribution in [2.24, 2.45) is 0 Å². The van der Waals surface area contributed by atoms with Gasteiger partial charge in [-0.15, -0.1) is 0 Å². The van der Waals surface area contributed by atoms with Crippen LogP contribution in [-0.2, 0) is 14.4 Å². The molecule has 1 heterocycles. The molecule has 0 atom stereocenters. The van der Waals surface area contributed by atoms with Crippen LogP contribution < -0.4 is 5.32 Å². The van der Waals surface area contributed by atoms with Crippen molar-refractivity contribution in [3.63, 3.8) is 0 Å². The number of carbonyl (C=O) groups excluding carboxylic acids is 2. The number of H-pyrrole nitrogens is 1. The zero-order valence-corrected chi connectivity index (χ0v) is 9.42. The van der Waals surface area contributed by atoms with Gasteiger partial charge in [-0.1, -0.05) is 18.2 Å². The fraction of sp³-hybridized carbons (Fsp3) is 0.0833. The summed E-state index contributed by atoms with van der Waals surface area (Å²) in [5.41, 5.74) is 1.21. The van der Waals surface area contributed by atoms with Gasteiger partial charge in [0.25, 0.3) is 5.91 Å². The Bertz CT molecular complexity index is 518. The summed E-state index contributed by atoms with van der Waals surface area (Å²) in [4.78, 5) is 32.3. The monoisotopic (exact) mass is 248 g/mol. The Kier molecular flexibility index (Phi) is 5.11. The molecule has 6 heteroatoms.